The van der Waals surface area contributed by atoms with E-state index in [1.807, 2.05) is 41.8 Å². The van der Waals surface area contributed by atoms with E-state index in [1.165, 1.54) is 18.3 Å². The molecule has 9 heteroatoms. The van der Waals surface area contributed by atoms with Gasteiger partial charge in [0, 0.05) is 46.3 Å². The highest BCUT2D eigenvalue weighted by Gasteiger charge is 2.32. The lowest BCUT2D eigenvalue weighted by molar-refractivity contribution is -0.134. The van der Waals surface area contributed by atoms with Crippen molar-refractivity contribution < 1.29 is 9.59 Å². The lowest BCUT2D eigenvalue weighted by Gasteiger charge is -2.22. The van der Waals surface area contributed by atoms with Crippen LogP contribution >= 0.6 is 11.3 Å². The number of likely N-dealkylation sites (tertiary alicyclic amines) is 1. The van der Waals surface area contributed by atoms with E-state index in [0.717, 1.165) is 28.2 Å². The molecular formula is C22H20N6O2S. The third kappa shape index (κ3) is 4.58. The van der Waals surface area contributed by atoms with Gasteiger partial charge in [0.1, 0.15) is 11.0 Å². The van der Waals surface area contributed by atoms with Crippen LogP contribution in [-0.2, 0) is 9.59 Å². The van der Waals surface area contributed by atoms with Gasteiger partial charge in [0.05, 0.1) is 5.69 Å². The second kappa shape index (κ2) is 8.99. The molecule has 0 bridgehead atoms. The van der Waals surface area contributed by atoms with Crippen molar-refractivity contribution in [2.75, 3.05) is 11.9 Å². The van der Waals surface area contributed by atoms with E-state index >= 15 is 0 Å². The number of anilines is 1. The first kappa shape index (κ1) is 20.6. The first-order valence-electron chi connectivity index (χ1n) is 9.85. The summed E-state index contributed by atoms with van der Waals surface area (Å²) in [6, 6.07) is 14.4. The van der Waals surface area contributed by atoms with Gasteiger partial charge < -0.3 is 10.2 Å². The molecule has 1 fully saturated rings. The van der Waals surface area contributed by atoms with Crippen molar-refractivity contribution in [3.8, 4) is 21.8 Å². The SMILES string of the molecule is CC(=O)N1CCC[C@H]1C(=O)Nc1ccc(-c2nc(-c3ccc(N=[N+]=[N-])cc3)cs2)cc1. The molecule has 1 atom stereocenters. The molecule has 1 saturated heterocycles. The van der Waals surface area contributed by atoms with Gasteiger partial charge in [-0.05, 0) is 42.6 Å². The Balaban J connectivity index is 1.44. The molecule has 1 aliphatic heterocycles. The Morgan fingerprint density at radius 3 is 2.55 bits per heavy atom. The van der Waals surface area contributed by atoms with Crippen LogP contribution in [0, 0.1) is 0 Å². The number of azide groups is 1. The van der Waals surface area contributed by atoms with Crippen molar-refractivity contribution >= 4 is 34.5 Å². The highest BCUT2D eigenvalue weighted by atomic mass is 32.1. The first-order chi connectivity index (χ1) is 15.0. The molecule has 2 heterocycles. The topological polar surface area (TPSA) is 111 Å². The number of thiazole rings is 1. The van der Waals surface area contributed by atoms with E-state index in [1.54, 1.807) is 17.0 Å². The molecule has 0 radical (unpaired) electrons. The Morgan fingerprint density at radius 1 is 1.16 bits per heavy atom. The van der Waals surface area contributed by atoms with Crippen molar-refractivity contribution in [2.45, 2.75) is 25.8 Å². The van der Waals surface area contributed by atoms with Crippen LogP contribution in [0.4, 0.5) is 11.4 Å². The van der Waals surface area contributed by atoms with Crippen LogP contribution in [0.2, 0.25) is 0 Å². The van der Waals surface area contributed by atoms with Crippen LogP contribution < -0.4 is 5.32 Å². The molecule has 2 amide bonds. The van der Waals surface area contributed by atoms with Crippen LogP contribution in [0.15, 0.2) is 59.0 Å². The Morgan fingerprint density at radius 2 is 1.87 bits per heavy atom. The van der Waals surface area contributed by atoms with Crippen LogP contribution in [0.1, 0.15) is 19.8 Å². The zero-order valence-corrected chi connectivity index (χ0v) is 17.7. The van der Waals surface area contributed by atoms with Crippen molar-refractivity contribution in [3.63, 3.8) is 0 Å². The Hall–Kier alpha value is -3.68. The number of benzene rings is 2. The second-order valence-electron chi connectivity index (χ2n) is 7.21. The number of carbonyl (C=O) groups is 2. The fourth-order valence-corrected chi connectivity index (χ4v) is 4.46. The minimum Gasteiger partial charge on any atom is -0.331 e. The Labute approximate surface area is 183 Å². The van der Waals surface area contributed by atoms with Crippen molar-refractivity contribution in [1.29, 1.82) is 0 Å². The van der Waals surface area contributed by atoms with E-state index in [9.17, 15) is 9.59 Å². The largest absolute Gasteiger partial charge is 0.331 e. The molecule has 0 unspecified atom stereocenters. The maximum Gasteiger partial charge on any atom is 0.247 e. The Bertz CT molecular complexity index is 1150. The van der Waals surface area contributed by atoms with Gasteiger partial charge >= 0.3 is 0 Å². The Kier molecular flexibility index (Phi) is 5.97. The quantitative estimate of drug-likeness (QED) is 0.332. The van der Waals surface area contributed by atoms with Gasteiger partial charge in [-0.15, -0.1) is 11.3 Å². The number of hydrogen-bond acceptors (Lipinski definition) is 5. The predicted molar refractivity (Wildman–Crippen MR) is 121 cm³/mol. The van der Waals surface area contributed by atoms with Crippen LogP contribution in [0.5, 0.6) is 0 Å². The van der Waals surface area contributed by atoms with E-state index in [4.69, 9.17) is 10.5 Å². The number of aromatic nitrogens is 1. The number of nitrogens with one attached hydrogen (secondary N) is 1. The molecule has 1 N–H and O–H groups in total. The van der Waals surface area contributed by atoms with Gasteiger partial charge in [0.15, 0.2) is 0 Å². The fourth-order valence-electron chi connectivity index (χ4n) is 3.63. The molecule has 4 rings (SSSR count). The summed E-state index contributed by atoms with van der Waals surface area (Å²) < 4.78 is 0. The summed E-state index contributed by atoms with van der Waals surface area (Å²) in [7, 11) is 0. The summed E-state index contributed by atoms with van der Waals surface area (Å²) in [4.78, 5) is 33.4. The van der Waals surface area contributed by atoms with E-state index in [-0.39, 0.29) is 11.8 Å². The van der Waals surface area contributed by atoms with Gasteiger partial charge in [-0.2, -0.15) is 0 Å². The first-order valence-corrected chi connectivity index (χ1v) is 10.7. The average molecular weight is 433 g/mol. The summed E-state index contributed by atoms with van der Waals surface area (Å²) in [5.74, 6) is -0.221. The summed E-state index contributed by atoms with van der Waals surface area (Å²) in [6.07, 6.45) is 1.53. The lowest BCUT2D eigenvalue weighted by Crippen LogP contribution is -2.42. The maximum atomic E-state index is 12.6. The molecule has 1 aliphatic rings. The zero-order chi connectivity index (χ0) is 21.8. The molecule has 156 valence electrons. The van der Waals surface area contributed by atoms with Gasteiger partial charge in [0.25, 0.3) is 0 Å². The smallest absolute Gasteiger partial charge is 0.247 e. The lowest BCUT2D eigenvalue weighted by atomic mass is 10.1. The fraction of sp³-hybridized carbons (Fsp3) is 0.227. The molecule has 2 aromatic carbocycles. The van der Waals surface area contributed by atoms with Gasteiger partial charge in [0.2, 0.25) is 11.8 Å². The molecular weight excluding hydrogens is 412 g/mol. The highest BCUT2D eigenvalue weighted by molar-refractivity contribution is 7.13. The number of amides is 2. The van der Waals surface area contributed by atoms with Gasteiger partial charge in [-0.1, -0.05) is 29.4 Å². The van der Waals surface area contributed by atoms with Crippen LogP contribution in [0.25, 0.3) is 32.3 Å². The summed E-state index contributed by atoms with van der Waals surface area (Å²) >= 11 is 1.53. The molecule has 0 saturated carbocycles. The second-order valence-corrected chi connectivity index (χ2v) is 8.07. The number of nitrogens with zero attached hydrogens (tertiary/aromatic N) is 5. The minimum absolute atomic E-state index is 0.0694. The minimum atomic E-state index is -0.399. The normalized spacial score (nSPS) is 15.4. The zero-order valence-electron chi connectivity index (χ0n) is 16.9. The van der Waals surface area contributed by atoms with Gasteiger partial charge in [-0.3, -0.25) is 9.59 Å². The van der Waals surface area contributed by atoms with Crippen LogP contribution in [0.3, 0.4) is 0 Å². The molecule has 8 nitrogen and oxygen atoms in total. The van der Waals surface area contributed by atoms with E-state index in [2.05, 4.69) is 15.3 Å². The molecule has 0 spiro atoms. The van der Waals surface area contributed by atoms with Crippen molar-refractivity contribution in [1.82, 2.24) is 9.88 Å². The maximum absolute atomic E-state index is 12.6. The summed E-state index contributed by atoms with van der Waals surface area (Å²) in [5, 5.41) is 9.33. The van der Waals surface area contributed by atoms with E-state index in [0.29, 0.717) is 24.3 Å². The molecule has 0 aliphatic carbocycles. The number of hydrogen-bond donors (Lipinski definition) is 1. The van der Waals surface area contributed by atoms with Crippen LogP contribution in [-0.4, -0.2) is 34.3 Å². The molecule has 3 aromatic rings. The van der Waals surface area contributed by atoms with E-state index < -0.39 is 6.04 Å². The molecule has 1 aromatic heterocycles. The third-order valence-corrected chi connectivity index (χ3v) is 6.08. The monoisotopic (exact) mass is 432 g/mol. The average Bonchev–Trinajstić information content (AvgIpc) is 3.45. The predicted octanol–water partition coefficient (Wildman–Crippen LogP) is 5.37. The third-order valence-electron chi connectivity index (χ3n) is 5.19. The summed E-state index contributed by atoms with van der Waals surface area (Å²) in [6.45, 7) is 2.13. The van der Waals surface area contributed by atoms with Crippen molar-refractivity contribution in [3.05, 3.63) is 64.4 Å². The van der Waals surface area contributed by atoms with Crippen molar-refractivity contribution in [2.24, 2.45) is 5.11 Å². The number of carbonyl (C=O) groups excluding carboxylic acids is 2. The number of rotatable bonds is 5. The van der Waals surface area contributed by atoms with Gasteiger partial charge in [-0.25, -0.2) is 4.98 Å². The highest BCUT2D eigenvalue weighted by Crippen LogP contribution is 2.30. The molecule has 31 heavy (non-hydrogen) atoms. The summed E-state index contributed by atoms with van der Waals surface area (Å²) in [5.41, 5.74) is 12.5. The standard InChI is InChI=1S/C22H20N6O2S/c1-14(29)28-12-2-3-20(28)21(30)24-17-8-6-16(7-9-17)22-25-19(13-31-22)15-4-10-18(11-5-15)26-27-23/h4-11,13,20H,2-3,12H2,1H3,(H,24,30)/t20-/m0/s1.